The van der Waals surface area contributed by atoms with Gasteiger partial charge in [0.05, 0.1) is 35.4 Å². The van der Waals surface area contributed by atoms with Crippen LogP contribution in [0.4, 0.5) is 43.9 Å². The van der Waals surface area contributed by atoms with Crippen molar-refractivity contribution in [2.45, 2.75) is 63.8 Å². The molecule has 3 aromatic rings. The van der Waals surface area contributed by atoms with Gasteiger partial charge >= 0.3 is 18.5 Å². The Labute approximate surface area is 270 Å². The van der Waals surface area contributed by atoms with Gasteiger partial charge in [-0.25, -0.2) is 4.39 Å². The Balaban J connectivity index is 2.02. The van der Waals surface area contributed by atoms with Gasteiger partial charge in [0.1, 0.15) is 17.7 Å². The predicted molar refractivity (Wildman–Crippen MR) is 157 cm³/mol. The summed E-state index contributed by atoms with van der Waals surface area (Å²) < 4.78 is 147. The highest BCUT2D eigenvalue weighted by atomic mass is 19.4. The molecule has 3 aromatic carbocycles. The number of halogens is 10. The fraction of sp³-hybridized carbons (Fsp3) is 0.382. The molecule has 48 heavy (non-hydrogen) atoms. The highest BCUT2D eigenvalue weighted by Crippen LogP contribution is 2.39. The van der Waals surface area contributed by atoms with E-state index >= 15 is 0 Å². The normalized spacial score (nSPS) is 13.5. The van der Waals surface area contributed by atoms with Gasteiger partial charge in [0.25, 0.3) is 0 Å². The summed E-state index contributed by atoms with van der Waals surface area (Å²) in [6.07, 6.45) is -16.5. The number of amides is 1. The first-order valence-electron chi connectivity index (χ1n) is 14.3. The Morgan fingerprint density at radius 1 is 0.771 bits per heavy atom. The molecule has 14 heteroatoms. The molecule has 0 unspecified atom stereocenters. The first-order chi connectivity index (χ1) is 22.2. The van der Waals surface area contributed by atoms with Crippen LogP contribution in [0.3, 0.4) is 0 Å². The summed E-state index contributed by atoms with van der Waals surface area (Å²) in [6.45, 7) is 4.51. The SMILES string of the molecule is COc1cc(F)c(C(C)C)cc1C#Cc1ccc(C(F)(F)F)cc1CCN(C=O)[C@@H](C)[C@H](OC)c1cc(C(F)(F)F)cc(C(F)(F)F)c1. The minimum Gasteiger partial charge on any atom is -0.495 e. The van der Waals surface area contributed by atoms with Gasteiger partial charge in [0.2, 0.25) is 6.41 Å². The van der Waals surface area contributed by atoms with E-state index in [1.807, 2.05) is 0 Å². The van der Waals surface area contributed by atoms with Crippen LogP contribution in [-0.2, 0) is 34.5 Å². The maximum absolute atomic E-state index is 14.5. The number of nitrogens with zero attached hydrogens (tertiary/aromatic N) is 1. The van der Waals surface area contributed by atoms with Crippen LogP contribution in [0, 0.1) is 17.7 Å². The zero-order chi connectivity index (χ0) is 36.2. The van der Waals surface area contributed by atoms with Crippen molar-refractivity contribution >= 4 is 6.41 Å². The van der Waals surface area contributed by atoms with E-state index in [1.54, 1.807) is 13.8 Å². The van der Waals surface area contributed by atoms with E-state index in [-0.39, 0.29) is 53.8 Å². The number of alkyl halides is 9. The summed E-state index contributed by atoms with van der Waals surface area (Å²) >= 11 is 0. The van der Waals surface area contributed by atoms with Crippen LogP contribution in [0.25, 0.3) is 0 Å². The maximum Gasteiger partial charge on any atom is 0.416 e. The van der Waals surface area contributed by atoms with Crippen LogP contribution in [0.5, 0.6) is 5.75 Å². The van der Waals surface area contributed by atoms with E-state index in [2.05, 4.69) is 11.8 Å². The molecule has 1 amide bonds. The summed E-state index contributed by atoms with van der Waals surface area (Å²) in [4.78, 5) is 13.1. The molecular formula is C34H31F10NO3. The first-order valence-corrected chi connectivity index (χ1v) is 14.3. The van der Waals surface area contributed by atoms with Crippen LogP contribution in [0.2, 0.25) is 0 Å². The fourth-order valence-corrected chi connectivity index (χ4v) is 5.04. The Bertz CT molecular complexity index is 1630. The second-order valence-electron chi connectivity index (χ2n) is 11.2. The molecule has 0 aliphatic carbocycles. The van der Waals surface area contributed by atoms with Gasteiger partial charge in [-0.1, -0.05) is 25.7 Å². The molecule has 0 N–H and O–H groups in total. The van der Waals surface area contributed by atoms with Gasteiger partial charge in [-0.3, -0.25) is 4.79 Å². The number of carbonyl (C=O) groups excluding carboxylic acids is 1. The molecule has 0 fully saturated rings. The molecule has 3 rings (SSSR count). The van der Waals surface area contributed by atoms with Crippen LogP contribution in [0.15, 0.2) is 48.5 Å². The highest BCUT2D eigenvalue weighted by molar-refractivity contribution is 5.54. The fourth-order valence-electron chi connectivity index (χ4n) is 5.04. The van der Waals surface area contributed by atoms with Gasteiger partial charge < -0.3 is 14.4 Å². The van der Waals surface area contributed by atoms with E-state index in [0.717, 1.165) is 36.3 Å². The summed E-state index contributed by atoms with van der Waals surface area (Å²) in [5.74, 6) is 4.92. The molecule has 0 heterocycles. The number of hydrogen-bond donors (Lipinski definition) is 0. The molecular weight excluding hydrogens is 660 g/mol. The van der Waals surface area contributed by atoms with Crippen molar-refractivity contribution in [1.82, 2.24) is 4.90 Å². The van der Waals surface area contributed by atoms with Gasteiger partial charge in [-0.2, -0.15) is 39.5 Å². The topological polar surface area (TPSA) is 38.8 Å². The Kier molecular flexibility index (Phi) is 11.8. The molecule has 0 aliphatic heterocycles. The number of benzene rings is 3. The van der Waals surface area contributed by atoms with Crippen molar-refractivity contribution in [3.05, 3.63) is 98.9 Å². The van der Waals surface area contributed by atoms with Crippen molar-refractivity contribution in [3.8, 4) is 17.6 Å². The Hall–Kier alpha value is -4.25. The Morgan fingerprint density at radius 2 is 1.33 bits per heavy atom. The van der Waals surface area contributed by atoms with Gasteiger partial charge in [0, 0.05) is 25.3 Å². The smallest absolute Gasteiger partial charge is 0.416 e. The van der Waals surface area contributed by atoms with E-state index in [9.17, 15) is 48.7 Å². The minimum atomic E-state index is -5.13. The molecule has 2 atom stereocenters. The van der Waals surface area contributed by atoms with Crippen molar-refractivity contribution in [3.63, 3.8) is 0 Å². The standard InChI is InChI=1S/C34H31F10NO3/c1-19(2)28-15-23(30(47-4)17-29(28)35)7-6-21-8-9-25(32(36,37)38)12-22(21)10-11-45(18-46)20(3)31(48-5)24-13-26(33(39,40)41)16-27(14-24)34(42,43)44/h8-9,12-20,31H,10-11H2,1-5H3/t20-,31-/m0/s1. The molecule has 0 bridgehead atoms. The van der Waals surface area contributed by atoms with E-state index < -0.39 is 58.7 Å². The predicted octanol–water partition coefficient (Wildman–Crippen LogP) is 9.19. The average Bonchev–Trinajstić information content (AvgIpc) is 2.99. The molecule has 4 nitrogen and oxygen atoms in total. The highest BCUT2D eigenvalue weighted by Gasteiger charge is 2.38. The molecule has 0 saturated carbocycles. The lowest BCUT2D eigenvalue weighted by Gasteiger charge is -2.32. The van der Waals surface area contributed by atoms with E-state index in [0.29, 0.717) is 17.7 Å². The molecule has 0 radical (unpaired) electrons. The van der Waals surface area contributed by atoms with Gasteiger partial charge in [0.15, 0.2) is 0 Å². The molecule has 0 aromatic heterocycles. The summed E-state index contributed by atoms with van der Waals surface area (Å²) in [6, 6.07) is 5.12. The molecule has 0 spiro atoms. The average molecular weight is 692 g/mol. The van der Waals surface area contributed by atoms with Crippen molar-refractivity contribution < 1.29 is 58.2 Å². The monoisotopic (exact) mass is 691 g/mol. The third-order valence-corrected chi connectivity index (χ3v) is 7.63. The number of rotatable bonds is 10. The Morgan fingerprint density at radius 3 is 1.81 bits per heavy atom. The van der Waals surface area contributed by atoms with E-state index in [4.69, 9.17) is 9.47 Å². The van der Waals surface area contributed by atoms with Crippen LogP contribution < -0.4 is 4.74 Å². The van der Waals surface area contributed by atoms with Crippen molar-refractivity contribution in [2.75, 3.05) is 20.8 Å². The number of hydrogen-bond acceptors (Lipinski definition) is 3. The lowest BCUT2D eigenvalue weighted by atomic mass is 9.96. The first kappa shape index (κ1) is 38.2. The summed E-state index contributed by atoms with van der Waals surface area (Å²) in [5, 5.41) is 0. The lowest BCUT2D eigenvalue weighted by molar-refractivity contribution is -0.143. The third kappa shape index (κ3) is 9.21. The van der Waals surface area contributed by atoms with Gasteiger partial charge in [-0.05, 0) is 78.4 Å². The second-order valence-corrected chi connectivity index (χ2v) is 11.2. The lowest BCUT2D eigenvalue weighted by Crippen LogP contribution is -2.39. The van der Waals surface area contributed by atoms with Gasteiger partial charge in [-0.15, -0.1) is 0 Å². The molecule has 260 valence electrons. The summed E-state index contributed by atoms with van der Waals surface area (Å²) in [7, 11) is 2.33. The number of methoxy groups -OCH3 is 2. The molecule has 0 saturated heterocycles. The van der Waals surface area contributed by atoms with Crippen molar-refractivity contribution in [1.29, 1.82) is 0 Å². The van der Waals surface area contributed by atoms with E-state index in [1.165, 1.54) is 20.1 Å². The number of carbonyl (C=O) groups is 1. The zero-order valence-corrected chi connectivity index (χ0v) is 26.3. The maximum atomic E-state index is 14.5. The minimum absolute atomic E-state index is 0.0360. The van der Waals surface area contributed by atoms with Crippen LogP contribution >= 0.6 is 0 Å². The van der Waals surface area contributed by atoms with Crippen LogP contribution in [0.1, 0.15) is 77.3 Å². The summed E-state index contributed by atoms with van der Waals surface area (Å²) in [5.41, 5.74) is -3.94. The zero-order valence-electron chi connectivity index (χ0n) is 26.3. The van der Waals surface area contributed by atoms with Crippen LogP contribution in [-0.4, -0.2) is 38.1 Å². The largest absolute Gasteiger partial charge is 0.495 e. The number of ether oxygens (including phenoxy) is 2. The quantitative estimate of drug-likeness (QED) is 0.121. The third-order valence-electron chi connectivity index (χ3n) is 7.63. The van der Waals surface area contributed by atoms with Crippen molar-refractivity contribution in [2.24, 2.45) is 0 Å². The second kappa shape index (κ2) is 14.9. The molecule has 0 aliphatic rings.